The van der Waals surface area contributed by atoms with Crippen molar-refractivity contribution in [1.82, 2.24) is 0 Å². The number of hydrogen-bond donors (Lipinski definition) is 0. The Labute approximate surface area is 140 Å². The molecule has 1 heterocycles. The summed E-state index contributed by atoms with van der Waals surface area (Å²) in [4.78, 5) is 0. The highest BCUT2D eigenvalue weighted by atomic mass is 127. The molecule has 2 heteroatoms. The van der Waals surface area contributed by atoms with Crippen LogP contribution in [0.25, 0.3) is 43.5 Å². The van der Waals surface area contributed by atoms with Gasteiger partial charge in [-0.15, -0.1) is 0 Å². The first-order valence-electron chi connectivity index (χ1n) is 7.23. The van der Waals surface area contributed by atoms with E-state index in [2.05, 4.69) is 89.3 Å². The summed E-state index contributed by atoms with van der Waals surface area (Å²) in [6.07, 6.45) is 0. The van der Waals surface area contributed by atoms with E-state index in [1.165, 1.54) is 35.9 Å². The lowest BCUT2D eigenvalue weighted by molar-refractivity contribution is 0.672. The monoisotopic (exact) mass is 394 g/mol. The number of fused-ring (bicyclic) bond motifs is 6. The number of benzene rings is 4. The van der Waals surface area contributed by atoms with Crippen molar-refractivity contribution in [3.05, 3.63) is 70.3 Å². The van der Waals surface area contributed by atoms with Crippen LogP contribution in [-0.2, 0) is 0 Å². The predicted molar refractivity (Wildman–Crippen MR) is 101 cm³/mol. The van der Waals surface area contributed by atoms with Gasteiger partial charge in [0.15, 0.2) is 0 Å². The van der Waals surface area contributed by atoms with Crippen LogP contribution in [0.4, 0.5) is 0 Å². The van der Waals surface area contributed by atoms with Crippen molar-refractivity contribution in [3.63, 3.8) is 0 Å². The maximum absolute atomic E-state index is 6.17. The maximum atomic E-state index is 6.17. The molecule has 22 heavy (non-hydrogen) atoms. The third kappa shape index (κ3) is 1.70. The molecule has 104 valence electrons. The van der Waals surface area contributed by atoms with E-state index in [0.717, 1.165) is 11.2 Å². The lowest BCUT2D eigenvalue weighted by atomic mass is 10.0. The fourth-order valence-electron chi connectivity index (χ4n) is 3.22. The minimum Gasteiger partial charge on any atom is -0.455 e. The second kappa shape index (κ2) is 4.46. The van der Waals surface area contributed by atoms with Gasteiger partial charge in [0.1, 0.15) is 11.2 Å². The highest BCUT2D eigenvalue weighted by Gasteiger charge is 2.11. The van der Waals surface area contributed by atoms with Crippen molar-refractivity contribution in [2.45, 2.75) is 0 Å². The van der Waals surface area contributed by atoms with Crippen molar-refractivity contribution in [2.24, 2.45) is 0 Å². The zero-order chi connectivity index (χ0) is 14.7. The molecule has 0 unspecified atom stereocenters. The summed E-state index contributed by atoms with van der Waals surface area (Å²) in [5.41, 5.74) is 1.94. The van der Waals surface area contributed by atoms with Gasteiger partial charge in [0.05, 0.1) is 0 Å². The van der Waals surface area contributed by atoms with Crippen LogP contribution < -0.4 is 0 Å². The predicted octanol–water partition coefficient (Wildman–Crippen LogP) is 6.50. The molecule has 5 aromatic rings. The molecule has 0 saturated carbocycles. The summed E-state index contributed by atoms with van der Waals surface area (Å²) in [5, 5.41) is 7.30. The Bertz CT molecular complexity index is 1180. The topological polar surface area (TPSA) is 13.1 Å². The van der Waals surface area contributed by atoms with Crippen LogP contribution in [-0.4, -0.2) is 0 Å². The Kier molecular flexibility index (Phi) is 2.53. The van der Waals surface area contributed by atoms with Gasteiger partial charge >= 0.3 is 0 Å². The van der Waals surface area contributed by atoms with E-state index in [1.807, 2.05) is 0 Å². The summed E-state index contributed by atoms with van der Waals surface area (Å²) >= 11 is 2.35. The van der Waals surface area contributed by atoms with Crippen molar-refractivity contribution in [3.8, 4) is 0 Å². The molecule has 4 aromatic carbocycles. The molecule has 0 amide bonds. The van der Waals surface area contributed by atoms with Gasteiger partial charge in [0.25, 0.3) is 0 Å². The van der Waals surface area contributed by atoms with Gasteiger partial charge in [-0.05, 0) is 75.1 Å². The van der Waals surface area contributed by atoms with E-state index in [4.69, 9.17) is 4.42 Å². The van der Waals surface area contributed by atoms with E-state index in [0.29, 0.717) is 0 Å². The van der Waals surface area contributed by atoms with Crippen LogP contribution in [0.1, 0.15) is 0 Å². The Morgan fingerprint density at radius 2 is 1.45 bits per heavy atom. The van der Waals surface area contributed by atoms with Crippen LogP contribution in [0.2, 0.25) is 0 Å². The highest BCUT2D eigenvalue weighted by Crippen LogP contribution is 2.36. The van der Waals surface area contributed by atoms with E-state index in [1.54, 1.807) is 0 Å². The molecule has 5 rings (SSSR count). The molecule has 0 bridgehead atoms. The molecular weight excluding hydrogens is 383 g/mol. The normalized spacial score (nSPS) is 11.9. The van der Waals surface area contributed by atoms with Crippen molar-refractivity contribution >= 4 is 66.1 Å². The summed E-state index contributed by atoms with van der Waals surface area (Å²) in [5.74, 6) is 0. The molecule has 0 atom stereocenters. The number of halogens is 1. The fourth-order valence-corrected chi connectivity index (χ4v) is 3.71. The molecule has 0 fully saturated rings. The van der Waals surface area contributed by atoms with Crippen LogP contribution >= 0.6 is 22.6 Å². The highest BCUT2D eigenvalue weighted by molar-refractivity contribution is 14.1. The summed E-state index contributed by atoms with van der Waals surface area (Å²) in [6, 6.07) is 23.6. The molecule has 0 saturated heterocycles. The van der Waals surface area contributed by atoms with Gasteiger partial charge in [-0.1, -0.05) is 30.3 Å². The first-order chi connectivity index (χ1) is 10.8. The van der Waals surface area contributed by atoms with Crippen molar-refractivity contribution in [2.75, 3.05) is 0 Å². The molecule has 0 spiro atoms. The first kappa shape index (κ1) is 12.5. The third-order valence-corrected chi connectivity index (χ3v) is 4.95. The molecular formula is C20H11IO. The second-order valence-electron chi connectivity index (χ2n) is 5.61. The molecule has 0 aliphatic rings. The zero-order valence-electron chi connectivity index (χ0n) is 11.6. The minimum absolute atomic E-state index is 0.955. The smallest absolute Gasteiger partial charge is 0.143 e. The number of hydrogen-bond acceptors (Lipinski definition) is 1. The fraction of sp³-hybridized carbons (Fsp3) is 0. The molecule has 1 aromatic heterocycles. The largest absolute Gasteiger partial charge is 0.455 e. The Balaban J connectivity index is 2.02. The molecule has 0 radical (unpaired) electrons. The lowest BCUT2D eigenvalue weighted by Crippen LogP contribution is -1.77. The minimum atomic E-state index is 0.955. The quantitative estimate of drug-likeness (QED) is 0.216. The van der Waals surface area contributed by atoms with Gasteiger partial charge in [-0.3, -0.25) is 0 Å². The first-order valence-corrected chi connectivity index (χ1v) is 8.31. The summed E-state index contributed by atoms with van der Waals surface area (Å²) in [7, 11) is 0. The van der Waals surface area contributed by atoms with Crippen LogP contribution in [0.5, 0.6) is 0 Å². The number of rotatable bonds is 0. The Morgan fingerprint density at radius 1 is 0.636 bits per heavy atom. The summed E-state index contributed by atoms with van der Waals surface area (Å²) < 4.78 is 7.39. The van der Waals surface area contributed by atoms with E-state index in [9.17, 15) is 0 Å². The molecule has 1 nitrogen and oxygen atoms in total. The van der Waals surface area contributed by atoms with Gasteiger partial charge < -0.3 is 4.42 Å². The van der Waals surface area contributed by atoms with Crippen LogP contribution in [0, 0.1) is 3.57 Å². The average molecular weight is 394 g/mol. The van der Waals surface area contributed by atoms with Gasteiger partial charge in [-0.2, -0.15) is 0 Å². The maximum Gasteiger partial charge on any atom is 0.143 e. The second-order valence-corrected chi connectivity index (χ2v) is 6.85. The molecule has 0 aliphatic heterocycles. The van der Waals surface area contributed by atoms with E-state index in [-0.39, 0.29) is 0 Å². The van der Waals surface area contributed by atoms with E-state index >= 15 is 0 Å². The zero-order valence-corrected chi connectivity index (χ0v) is 13.8. The Morgan fingerprint density at radius 3 is 2.32 bits per heavy atom. The standard InChI is InChI=1S/C20H11IO/c21-15-6-8-19-18(11-15)16-7-5-14-9-12-3-1-2-4-13(12)10-17(14)20(16)22-19/h1-11H. The van der Waals surface area contributed by atoms with Gasteiger partial charge in [0.2, 0.25) is 0 Å². The van der Waals surface area contributed by atoms with Gasteiger partial charge in [-0.25, -0.2) is 0 Å². The SMILES string of the molecule is Ic1ccc2oc3c4cc5ccccc5cc4ccc3c2c1. The van der Waals surface area contributed by atoms with Gasteiger partial charge in [0, 0.05) is 19.7 Å². The average Bonchev–Trinajstić information content (AvgIpc) is 2.91. The number of furan rings is 1. The molecule has 0 aliphatic carbocycles. The van der Waals surface area contributed by atoms with Crippen molar-refractivity contribution < 1.29 is 4.42 Å². The summed E-state index contributed by atoms with van der Waals surface area (Å²) in [6.45, 7) is 0. The van der Waals surface area contributed by atoms with Crippen molar-refractivity contribution in [1.29, 1.82) is 0 Å². The van der Waals surface area contributed by atoms with Crippen LogP contribution in [0.15, 0.2) is 71.1 Å². The third-order valence-electron chi connectivity index (χ3n) is 4.28. The molecule has 0 N–H and O–H groups in total. The lowest BCUT2D eigenvalue weighted by Gasteiger charge is -2.02. The van der Waals surface area contributed by atoms with Crippen LogP contribution in [0.3, 0.4) is 0 Å². The van der Waals surface area contributed by atoms with E-state index < -0.39 is 0 Å². The Hall–Kier alpha value is -2.07.